The molecule has 0 bridgehead atoms. The number of hydrogen-bond donors (Lipinski definition) is 0. The van der Waals surface area contributed by atoms with Crippen molar-refractivity contribution >= 4 is 44.8 Å². The van der Waals surface area contributed by atoms with Gasteiger partial charge in [0.1, 0.15) is 22.7 Å². The van der Waals surface area contributed by atoms with Crippen molar-refractivity contribution in [2.75, 3.05) is 0 Å². The molecule has 104 valence electrons. The number of nitro groups is 1. The Bertz CT molecular complexity index is 667. The number of benzene rings is 1. The fourth-order valence-corrected chi connectivity index (χ4v) is 2.31. The number of ether oxygens (including phenoxy) is 1. The molecule has 5 nitrogen and oxygen atoms in total. The van der Waals surface area contributed by atoms with E-state index in [-0.39, 0.29) is 22.6 Å². The van der Waals surface area contributed by atoms with Gasteiger partial charge in [-0.2, -0.15) is 0 Å². The zero-order valence-electron chi connectivity index (χ0n) is 9.85. The molecule has 1 aromatic heterocycles. The van der Waals surface area contributed by atoms with Crippen LogP contribution >= 0.6 is 39.1 Å². The van der Waals surface area contributed by atoms with Crippen molar-refractivity contribution in [2.24, 2.45) is 0 Å². The predicted octanol–water partition coefficient (Wildman–Crippen LogP) is 4.64. The molecular weight excluding hydrogens is 371 g/mol. The summed E-state index contributed by atoms with van der Waals surface area (Å²) in [6.07, 6.45) is 0. The SMILES string of the molecule is O=[N+]([O-])c1cc(Br)cc(OCc2ccc(Cl)nc2Cl)c1. The fourth-order valence-electron chi connectivity index (χ4n) is 1.45. The third-order valence-corrected chi connectivity index (χ3v) is 3.35. The van der Waals surface area contributed by atoms with Crippen LogP contribution < -0.4 is 4.74 Å². The van der Waals surface area contributed by atoms with Crippen LogP contribution in [0.4, 0.5) is 5.69 Å². The third-order valence-electron chi connectivity index (χ3n) is 2.35. The summed E-state index contributed by atoms with van der Waals surface area (Å²) >= 11 is 14.8. The molecule has 0 aliphatic heterocycles. The summed E-state index contributed by atoms with van der Waals surface area (Å²) in [4.78, 5) is 14.1. The summed E-state index contributed by atoms with van der Waals surface area (Å²) in [5.74, 6) is 0.358. The van der Waals surface area contributed by atoms with Gasteiger partial charge in [-0.15, -0.1) is 0 Å². The van der Waals surface area contributed by atoms with Crippen molar-refractivity contribution in [1.29, 1.82) is 0 Å². The lowest BCUT2D eigenvalue weighted by atomic mass is 10.3. The Balaban J connectivity index is 2.16. The summed E-state index contributed by atoms with van der Waals surface area (Å²) in [6, 6.07) is 7.63. The standard InChI is InChI=1S/C12H7BrCl2N2O3/c13-8-3-9(17(18)19)5-10(4-8)20-6-7-1-2-11(14)16-12(7)15/h1-5H,6H2. The number of pyridine rings is 1. The van der Waals surface area contributed by atoms with Gasteiger partial charge in [-0.3, -0.25) is 10.1 Å². The first-order valence-electron chi connectivity index (χ1n) is 5.34. The average molecular weight is 378 g/mol. The van der Waals surface area contributed by atoms with Crippen molar-refractivity contribution in [3.05, 3.63) is 60.8 Å². The first-order valence-corrected chi connectivity index (χ1v) is 6.89. The Morgan fingerprint density at radius 2 is 2.05 bits per heavy atom. The highest BCUT2D eigenvalue weighted by atomic mass is 79.9. The van der Waals surface area contributed by atoms with Crippen LogP contribution in [0.3, 0.4) is 0 Å². The lowest BCUT2D eigenvalue weighted by Crippen LogP contribution is -1.98. The average Bonchev–Trinajstić information content (AvgIpc) is 2.37. The van der Waals surface area contributed by atoms with E-state index >= 15 is 0 Å². The Morgan fingerprint density at radius 3 is 2.70 bits per heavy atom. The highest BCUT2D eigenvalue weighted by Gasteiger charge is 2.10. The zero-order chi connectivity index (χ0) is 14.7. The van der Waals surface area contributed by atoms with Crippen LogP contribution in [0.25, 0.3) is 0 Å². The molecule has 0 N–H and O–H groups in total. The van der Waals surface area contributed by atoms with Crippen molar-refractivity contribution in [2.45, 2.75) is 6.61 Å². The quantitative estimate of drug-likeness (QED) is 0.442. The number of hydrogen-bond acceptors (Lipinski definition) is 4. The molecule has 0 aliphatic rings. The fraction of sp³-hybridized carbons (Fsp3) is 0.0833. The van der Waals surface area contributed by atoms with Crippen molar-refractivity contribution in [1.82, 2.24) is 4.98 Å². The molecular formula is C12H7BrCl2N2O3. The molecule has 1 heterocycles. The lowest BCUT2D eigenvalue weighted by Gasteiger charge is -2.08. The first kappa shape index (κ1) is 15.0. The van der Waals surface area contributed by atoms with Gasteiger partial charge in [0, 0.05) is 16.1 Å². The van der Waals surface area contributed by atoms with Crippen LogP contribution in [-0.4, -0.2) is 9.91 Å². The molecule has 0 aliphatic carbocycles. The zero-order valence-corrected chi connectivity index (χ0v) is 12.9. The molecule has 0 atom stereocenters. The minimum Gasteiger partial charge on any atom is -0.488 e. The van der Waals surface area contributed by atoms with Crippen molar-refractivity contribution in [3.8, 4) is 5.75 Å². The lowest BCUT2D eigenvalue weighted by molar-refractivity contribution is -0.385. The van der Waals surface area contributed by atoms with E-state index in [0.29, 0.717) is 15.8 Å². The molecule has 0 saturated carbocycles. The van der Waals surface area contributed by atoms with E-state index < -0.39 is 4.92 Å². The number of nitro benzene ring substituents is 1. The summed E-state index contributed by atoms with van der Waals surface area (Å²) in [6.45, 7) is 0.136. The second kappa shape index (κ2) is 6.39. The maximum atomic E-state index is 10.8. The molecule has 0 amide bonds. The third kappa shape index (κ3) is 3.82. The van der Waals surface area contributed by atoms with E-state index in [1.807, 2.05) is 0 Å². The van der Waals surface area contributed by atoms with Gasteiger partial charge < -0.3 is 4.74 Å². The highest BCUT2D eigenvalue weighted by molar-refractivity contribution is 9.10. The van der Waals surface area contributed by atoms with Crippen LogP contribution in [0.1, 0.15) is 5.56 Å². The van der Waals surface area contributed by atoms with E-state index in [2.05, 4.69) is 20.9 Å². The van der Waals surface area contributed by atoms with Crippen LogP contribution in [-0.2, 0) is 6.61 Å². The van der Waals surface area contributed by atoms with Gasteiger partial charge >= 0.3 is 0 Å². The van der Waals surface area contributed by atoms with E-state index in [1.165, 1.54) is 12.1 Å². The first-order chi connectivity index (χ1) is 9.45. The van der Waals surface area contributed by atoms with Gasteiger partial charge in [0.25, 0.3) is 5.69 Å². The Hall–Kier alpha value is -1.37. The van der Waals surface area contributed by atoms with Gasteiger partial charge in [0.15, 0.2) is 0 Å². The molecule has 8 heteroatoms. The number of halogens is 3. The van der Waals surface area contributed by atoms with E-state index in [0.717, 1.165) is 0 Å². The molecule has 20 heavy (non-hydrogen) atoms. The summed E-state index contributed by atoms with van der Waals surface area (Å²) in [7, 11) is 0. The molecule has 1 aromatic carbocycles. The topological polar surface area (TPSA) is 65.3 Å². The van der Waals surface area contributed by atoms with Gasteiger partial charge in [0.05, 0.1) is 11.0 Å². The van der Waals surface area contributed by atoms with Crippen LogP contribution in [0.2, 0.25) is 10.3 Å². The smallest absolute Gasteiger partial charge is 0.274 e. The normalized spacial score (nSPS) is 10.3. The molecule has 0 radical (unpaired) electrons. The predicted molar refractivity (Wildman–Crippen MR) is 79.4 cm³/mol. The molecule has 2 rings (SSSR count). The summed E-state index contributed by atoms with van der Waals surface area (Å²) < 4.78 is 6.04. The second-order valence-corrected chi connectivity index (χ2v) is 5.44. The molecule has 0 saturated heterocycles. The second-order valence-electron chi connectivity index (χ2n) is 3.77. The van der Waals surface area contributed by atoms with Gasteiger partial charge in [-0.1, -0.05) is 39.1 Å². The van der Waals surface area contributed by atoms with Crippen molar-refractivity contribution < 1.29 is 9.66 Å². The largest absolute Gasteiger partial charge is 0.488 e. The monoisotopic (exact) mass is 376 g/mol. The van der Waals surface area contributed by atoms with Gasteiger partial charge in [-0.25, -0.2) is 4.98 Å². The minimum atomic E-state index is -0.492. The van der Waals surface area contributed by atoms with Crippen molar-refractivity contribution in [3.63, 3.8) is 0 Å². The van der Waals surface area contributed by atoms with E-state index in [9.17, 15) is 10.1 Å². The van der Waals surface area contributed by atoms with Crippen LogP contribution in [0, 0.1) is 10.1 Å². The maximum absolute atomic E-state index is 10.8. The molecule has 0 spiro atoms. The van der Waals surface area contributed by atoms with Gasteiger partial charge in [0.2, 0.25) is 0 Å². The number of nitrogens with zero attached hydrogens (tertiary/aromatic N) is 2. The number of aromatic nitrogens is 1. The Labute approximate surface area is 132 Å². The van der Waals surface area contributed by atoms with E-state index in [4.69, 9.17) is 27.9 Å². The molecule has 0 unspecified atom stereocenters. The maximum Gasteiger partial charge on any atom is 0.274 e. The highest BCUT2D eigenvalue weighted by Crippen LogP contribution is 2.27. The number of non-ortho nitro benzene ring substituents is 1. The van der Waals surface area contributed by atoms with Crippen LogP contribution in [0.5, 0.6) is 5.75 Å². The summed E-state index contributed by atoms with van der Waals surface area (Å²) in [5.41, 5.74) is 0.577. The summed E-state index contributed by atoms with van der Waals surface area (Å²) in [5, 5.41) is 11.3. The number of rotatable bonds is 4. The molecule has 0 fully saturated rings. The van der Waals surface area contributed by atoms with Crippen LogP contribution in [0.15, 0.2) is 34.8 Å². The molecule has 2 aromatic rings. The minimum absolute atomic E-state index is 0.0605. The van der Waals surface area contributed by atoms with Gasteiger partial charge in [-0.05, 0) is 18.2 Å². The Kier molecular flexibility index (Phi) is 4.80. The Morgan fingerprint density at radius 1 is 1.30 bits per heavy atom. The van der Waals surface area contributed by atoms with E-state index in [1.54, 1.807) is 18.2 Å².